The van der Waals surface area contributed by atoms with Gasteiger partial charge in [0.25, 0.3) is 0 Å². The van der Waals surface area contributed by atoms with Crippen molar-refractivity contribution in [2.75, 3.05) is 0 Å². The van der Waals surface area contributed by atoms with Crippen LogP contribution in [0.5, 0.6) is 0 Å². The number of benzene rings is 4. The molecular weight excluding hydrogens is 577 g/mol. The molecule has 0 radical (unpaired) electrons. The minimum Gasteiger partial charge on any atom is -0.387 e. The van der Waals surface area contributed by atoms with Gasteiger partial charge < -0.3 is 14.0 Å². The van der Waals surface area contributed by atoms with E-state index in [1.165, 1.54) is 6.92 Å². The van der Waals surface area contributed by atoms with Gasteiger partial charge in [0.2, 0.25) is 0 Å². The molecule has 0 spiro atoms. The van der Waals surface area contributed by atoms with E-state index >= 15 is 0 Å². The second-order valence-corrected chi connectivity index (χ2v) is 11.4. The predicted molar refractivity (Wildman–Crippen MR) is 160 cm³/mol. The van der Waals surface area contributed by atoms with Crippen LogP contribution in [-0.4, -0.2) is 19.0 Å². The highest BCUT2D eigenvalue weighted by molar-refractivity contribution is 7.87. The number of rotatable bonds is 6. The van der Waals surface area contributed by atoms with E-state index in [0.29, 0.717) is 17.6 Å². The molecular formula is C34H31F3O5S. The molecule has 5 nitrogen and oxygen atoms in total. The topological polar surface area (TPSA) is 72.8 Å². The summed E-state index contributed by atoms with van der Waals surface area (Å²) in [4.78, 5) is 0. The summed E-state index contributed by atoms with van der Waals surface area (Å²) in [5.74, 6) is 5.28. The number of hydrogen-bond acceptors (Lipinski definition) is 5. The molecule has 5 rings (SSSR count). The first kappa shape index (κ1) is 31.8. The third-order valence-corrected chi connectivity index (χ3v) is 7.93. The standard InChI is InChI=1S/C23H19F3O4S.C11H12O/c1-15(30-31(27,28)23(24,25)26)20-14-21(17-8-3-2-4-9-17)29-22(20)19-12-11-16-7-5-6-10-18(16)13-19;1-2-3-9-11(12)10-7-5-4-6-8-10/h2-13,21-22H,14H2,1H3;4-8,11-12H,9H2,1H3/b20-15+;/t21-,22-;/m0./s1. The molecule has 1 aliphatic heterocycles. The van der Waals surface area contributed by atoms with Crippen molar-refractivity contribution >= 4 is 20.9 Å². The number of ether oxygens (including phenoxy) is 1. The van der Waals surface area contributed by atoms with Crippen LogP contribution in [0.15, 0.2) is 114 Å². The molecule has 43 heavy (non-hydrogen) atoms. The Morgan fingerprint density at radius 2 is 1.53 bits per heavy atom. The Morgan fingerprint density at radius 3 is 2.16 bits per heavy atom. The quantitative estimate of drug-likeness (QED) is 0.103. The van der Waals surface area contributed by atoms with Gasteiger partial charge in [-0.1, -0.05) is 97.1 Å². The monoisotopic (exact) mass is 608 g/mol. The third kappa shape index (κ3) is 8.05. The Kier molecular flexibility index (Phi) is 10.3. The summed E-state index contributed by atoms with van der Waals surface area (Å²) in [6.45, 7) is 3.00. The second-order valence-electron chi connectivity index (χ2n) is 9.85. The van der Waals surface area contributed by atoms with Crippen LogP contribution in [0.4, 0.5) is 13.2 Å². The van der Waals surface area contributed by atoms with Gasteiger partial charge in [-0.2, -0.15) is 21.6 Å². The van der Waals surface area contributed by atoms with E-state index in [9.17, 15) is 26.7 Å². The Bertz CT molecular complexity index is 1720. The zero-order valence-corrected chi connectivity index (χ0v) is 24.4. The first-order valence-electron chi connectivity index (χ1n) is 13.5. The number of allylic oxidation sites excluding steroid dienone is 1. The summed E-state index contributed by atoms with van der Waals surface area (Å²) in [5.41, 5.74) is -2.67. The van der Waals surface area contributed by atoms with E-state index in [0.717, 1.165) is 21.9 Å². The maximum Gasteiger partial charge on any atom is 0.534 e. The van der Waals surface area contributed by atoms with Gasteiger partial charge in [-0.05, 0) is 47.4 Å². The van der Waals surface area contributed by atoms with E-state index in [1.54, 1.807) is 6.92 Å². The van der Waals surface area contributed by atoms with Crippen LogP contribution < -0.4 is 0 Å². The maximum atomic E-state index is 12.9. The van der Waals surface area contributed by atoms with E-state index in [2.05, 4.69) is 16.0 Å². The van der Waals surface area contributed by atoms with Gasteiger partial charge in [-0.25, -0.2) is 0 Å². The summed E-state index contributed by atoms with van der Waals surface area (Å²) in [6.07, 6.45) is -0.905. The molecule has 0 amide bonds. The van der Waals surface area contributed by atoms with Crippen molar-refractivity contribution < 1.29 is 35.6 Å². The zero-order chi connectivity index (χ0) is 31.0. The van der Waals surface area contributed by atoms with Crippen LogP contribution in [0.25, 0.3) is 10.8 Å². The van der Waals surface area contributed by atoms with Gasteiger partial charge in [0.15, 0.2) is 0 Å². The van der Waals surface area contributed by atoms with Gasteiger partial charge >= 0.3 is 15.6 Å². The fourth-order valence-corrected chi connectivity index (χ4v) is 5.23. The smallest absolute Gasteiger partial charge is 0.387 e. The summed E-state index contributed by atoms with van der Waals surface area (Å²) in [6, 6.07) is 32.1. The lowest BCUT2D eigenvalue weighted by molar-refractivity contribution is -0.0523. The van der Waals surface area contributed by atoms with E-state index in [1.807, 2.05) is 103 Å². The molecule has 1 N–H and O–H groups in total. The molecule has 1 fully saturated rings. The minimum absolute atomic E-state index is 0.209. The Labute approximate surface area is 249 Å². The van der Waals surface area contributed by atoms with Crippen LogP contribution in [0.3, 0.4) is 0 Å². The number of halogens is 3. The Hall–Kier alpha value is -4.10. The fraction of sp³-hybridized carbons (Fsp3) is 0.235. The maximum absolute atomic E-state index is 12.9. The number of aliphatic hydroxyl groups excluding tert-OH is 1. The molecule has 224 valence electrons. The van der Waals surface area contributed by atoms with Crippen molar-refractivity contribution in [1.82, 2.24) is 0 Å². The molecule has 1 aliphatic rings. The van der Waals surface area contributed by atoms with E-state index < -0.39 is 33.9 Å². The average molecular weight is 609 g/mol. The van der Waals surface area contributed by atoms with Gasteiger partial charge in [0.1, 0.15) is 11.9 Å². The number of alkyl halides is 3. The highest BCUT2D eigenvalue weighted by Gasteiger charge is 2.49. The predicted octanol–water partition coefficient (Wildman–Crippen LogP) is 8.32. The summed E-state index contributed by atoms with van der Waals surface area (Å²) < 4.78 is 72.3. The zero-order valence-electron chi connectivity index (χ0n) is 23.6. The molecule has 9 heteroatoms. The first-order chi connectivity index (χ1) is 20.5. The lowest BCUT2D eigenvalue weighted by Gasteiger charge is -2.17. The molecule has 3 atom stereocenters. The van der Waals surface area contributed by atoms with Crippen molar-refractivity contribution in [3.63, 3.8) is 0 Å². The van der Waals surface area contributed by atoms with Gasteiger partial charge in [-0.3, -0.25) is 0 Å². The van der Waals surface area contributed by atoms with Crippen molar-refractivity contribution in [1.29, 1.82) is 0 Å². The summed E-state index contributed by atoms with van der Waals surface area (Å²) >= 11 is 0. The van der Waals surface area contributed by atoms with Crippen LogP contribution in [0, 0.1) is 11.8 Å². The molecule has 0 saturated carbocycles. The Morgan fingerprint density at radius 1 is 0.930 bits per heavy atom. The van der Waals surface area contributed by atoms with Gasteiger partial charge in [-0.15, -0.1) is 11.8 Å². The third-order valence-electron chi connectivity index (χ3n) is 6.90. The summed E-state index contributed by atoms with van der Waals surface area (Å²) in [5, 5.41) is 11.5. The van der Waals surface area contributed by atoms with Crippen LogP contribution in [-0.2, 0) is 19.0 Å². The normalized spacial score (nSPS) is 18.6. The van der Waals surface area contributed by atoms with E-state index in [4.69, 9.17) is 4.74 Å². The van der Waals surface area contributed by atoms with Gasteiger partial charge in [0.05, 0.1) is 12.2 Å². The molecule has 0 bridgehead atoms. The van der Waals surface area contributed by atoms with Crippen LogP contribution in [0.2, 0.25) is 0 Å². The van der Waals surface area contributed by atoms with Crippen LogP contribution in [0.1, 0.15) is 61.7 Å². The number of fused-ring (bicyclic) bond motifs is 1. The minimum atomic E-state index is -5.77. The lowest BCUT2D eigenvalue weighted by atomic mass is 9.96. The molecule has 4 aromatic rings. The second kappa shape index (κ2) is 13.9. The fourth-order valence-electron chi connectivity index (χ4n) is 4.70. The molecule has 4 aromatic carbocycles. The largest absolute Gasteiger partial charge is 0.534 e. The molecule has 0 aliphatic carbocycles. The lowest BCUT2D eigenvalue weighted by Crippen LogP contribution is -2.25. The van der Waals surface area contributed by atoms with Crippen LogP contribution >= 0.6 is 0 Å². The average Bonchev–Trinajstić information content (AvgIpc) is 3.46. The number of aliphatic hydroxyl groups is 1. The molecule has 1 heterocycles. The van der Waals surface area contributed by atoms with Crippen molar-refractivity contribution in [2.24, 2.45) is 0 Å². The summed E-state index contributed by atoms with van der Waals surface area (Å²) in [7, 11) is -5.77. The first-order valence-corrected chi connectivity index (χ1v) is 14.9. The van der Waals surface area contributed by atoms with Crippen molar-refractivity contribution in [2.45, 2.75) is 50.5 Å². The highest BCUT2D eigenvalue weighted by Crippen LogP contribution is 2.47. The van der Waals surface area contributed by atoms with Crippen molar-refractivity contribution in [3.05, 3.63) is 131 Å². The highest BCUT2D eigenvalue weighted by atomic mass is 32.2. The molecule has 1 unspecified atom stereocenters. The SMILES string of the molecule is C/C(OS(=O)(=O)C(F)(F)F)=C1/C[C@@H](c2ccccc2)O[C@H]1c1ccc2ccccc2c1.CC#CCC(O)c1ccccc1. The van der Waals surface area contributed by atoms with E-state index in [-0.39, 0.29) is 12.2 Å². The number of hydrogen-bond donors (Lipinski definition) is 1. The molecule has 1 saturated heterocycles. The Balaban J connectivity index is 0.000000296. The van der Waals surface area contributed by atoms with Crippen molar-refractivity contribution in [3.8, 4) is 11.8 Å². The van der Waals surface area contributed by atoms with Gasteiger partial charge in [0, 0.05) is 18.4 Å². The molecule has 0 aromatic heterocycles.